The first kappa shape index (κ1) is 18.8. The van der Waals surface area contributed by atoms with Gasteiger partial charge in [0.15, 0.2) is 0 Å². The van der Waals surface area contributed by atoms with E-state index in [9.17, 15) is 9.59 Å². The number of hydrogen-bond donors (Lipinski definition) is 0. The van der Waals surface area contributed by atoms with Crippen LogP contribution in [0, 0.1) is 5.92 Å². The first-order valence-electron chi connectivity index (χ1n) is 10.2. The van der Waals surface area contributed by atoms with Crippen LogP contribution in [0.25, 0.3) is 0 Å². The molecule has 3 fully saturated rings. The van der Waals surface area contributed by atoms with Gasteiger partial charge in [0.25, 0.3) is 0 Å². The highest BCUT2D eigenvalue weighted by atomic mass is 35.5. The number of piperidine rings is 2. The summed E-state index contributed by atoms with van der Waals surface area (Å²) >= 11 is 5.94. The molecule has 3 saturated heterocycles. The van der Waals surface area contributed by atoms with E-state index >= 15 is 0 Å². The van der Waals surface area contributed by atoms with Gasteiger partial charge < -0.3 is 14.7 Å². The second kappa shape index (κ2) is 8.19. The summed E-state index contributed by atoms with van der Waals surface area (Å²) in [6.45, 7) is 4.57. The van der Waals surface area contributed by atoms with Crippen molar-refractivity contribution in [3.63, 3.8) is 0 Å². The predicted molar refractivity (Wildman–Crippen MR) is 107 cm³/mol. The molecular weight excluding hydrogens is 362 g/mol. The zero-order valence-electron chi connectivity index (χ0n) is 15.8. The molecular formula is C21H28ClN3O2. The molecule has 0 aromatic heterocycles. The molecule has 0 N–H and O–H groups in total. The second-order valence-corrected chi connectivity index (χ2v) is 8.40. The third kappa shape index (κ3) is 3.99. The van der Waals surface area contributed by atoms with E-state index < -0.39 is 5.92 Å². The number of hydrogen-bond acceptors (Lipinski definition) is 3. The molecule has 3 heterocycles. The number of rotatable bonds is 3. The topological polar surface area (TPSA) is 43.9 Å². The lowest BCUT2D eigenvalue weighted by Gasteiger charge is -2.40. The zero-order valence-corrected chi connectivity index (χ0v) is 16.5. The Bertz CT molecular complexity index is 679. The molecule has 6 heteroatoms. The van der Waals surface area contributed by atoms with E-state index in [1.165, 1.54) is 32.4 Å². The van der Waals surface area contributed by atoms with E-state index in [1.807, 2.05) is 17.0 Å². The minimum absolute atomic E-state index is 0.0218. The van der Waals surface area contributed by atoms with Gasteiger partial charge in [-0.2, -0.15) is 0 Å². The molecule has 146 valence electrons. The highest BCUT2D eigenvalue weighted by Gasteiger charge is 2.40. The Morgan fingerprint density at radius 3 is 2.22 bits per heavy atom. The summed E-state index contributed by atoms with van der Waals surface area (Å²) in [7, 11) is 0. The van der Waals surface area contributed by atoms with Crippen molar-refractivity contribution in [3.05, 3.63) is 29.3 Å². The molecule has 3 aliphatic heterocycles. The summed E-state index contributed by atoms with van der Waals surface area (Å²) in [5.74, 6) is -0.568. The smallest absolute Gasteiger partial charge is 0.239 e. The summed E-state index contributed by atoms with van der Waals surface area (Å²) in [5, 5.41) is 0.648. The normalized spacial score (nSPS) is 25.2. The predicted octanol–water partition coefficient (Wildman–Crippen LogP) is 3.17. The standard InChI is InChI=1S/C21H28ClN3O2/c22-16-4-6-18(7-5-16)25-15-10-19(21(25)27)20(26)24-13-8-17(9-14-24)23-11-2-1-3-12-23/h4-7,17,19H,1-3,8-15H2/t19-/m1/s1. The zero-order chi connectivity index (χ0) is 18.8. The third-order valence-electron chi connectivity index (χ3n) is 6.33. The van der Waals surface area contributed by atoms with Crippen LogP contribution in [0.1, 0.15) is 38.5 Å². The molecule has 4 rings (SSSR count). The highest BCUT2D eigenvalue weighted by Crippen LogP contribution is 2.29. The van der Waals surface area contributed by atoms with Crippen LogP contribution in [0.3, 0.4) is 0 Å². The minimum Gasteiger partial charge on any atom is -0.342 e. The van der Waals surface area contributed by atoms with Gasteiger partial charge >= 0.3 is 0 Å². The van der Waals surface area contributed by atoms with Crippen LogP contribution < -0.4 is 4.90 Å². The molecule has 1 atom stereocenters. The number of benzene rings is 1. The number of carbonyl (C=O) groups excluding carboxylic acids is 2. The molecule has 1 aromatic rings. The maximum Gasteiger partial charge on any atom is 0.239 e. The Kier molecular flexibility index (Phi) is 5.69. The van der Waals surface area contributed by atoms with E-state index in [2.05, 4.69) is 4.90 Å². The summed E-state index contributed by atoms with van der Waals surface area (Å²) in [6, 6.07) is 7.86. The van der Waals surface area contributed by atoms with Gasteiger partial charge in [-0.1, -0.05) is 18.0 Å². The van der Waals surface area contributed by atoms with Gasteiger partial charge in [-0.3, -0.25) is 9.59 Å². The lowest BCUT2D eigenvalue weighted by atomic mass is 9.98. The minimum atomic E-state index is -0.521. The molecule has 0 aliphatic carbocycles. The molecule has 0 unspecified atom stereocenters. The summed E-state index contributed by atoms with van der Waals surface area (Å²) in [4.78, 5) is 32.0. The molecule has 1 aromatic carbocycles. The third-order valence-corrected chi connectivity index (χ3v) is 6.58. The van der Waals surface area contributed by atoms with E-state index in [0.717, 1.165) is 31.6 Å². The van der Waals surface area contributed by atoms with Gasteiger partial charge in [0, 0.05) is 36.4 Å². The maximum atomic E-state index is 13.0. The monoisotopic (exact) mass is 389 g/mol. The van der Waals surface area contributed by atoms with Crippen molar-refractivity contribution >= 4 is 29.1 Å². The largest absolute Gasteiger partial charge is 0.342 e. The fraction of sp³-hybridized carbons (Fsp3) is 0.619. The Hall–Kier alpha value is -1.59. The number of nitrogens with zero attached hydrogens (tertiary/aromatic N) is 3. The van der Waals surface area contributed by atoms with Gasteiger partial charge in [-0.05, 0) is 69.5 Å². The average Bonchev–Trinajstić information content (AvgIpc) is 3.10. The highest BCUT2D eigenvalue weighted by molar-refractivity contribution is 6.30. The van der Waals surface area contributed by atoms with Crippen LogP contribution in [0.15, 0.2) is 24.3 Å². The van der Waals surface area contributed by atoms with Crippen molar-refractivity contribution in [3.8, 4) is 0 Å². The average molecular weight is 390 g/mol. The molecule has 0 bridgehead atoms. The summed E-state index contributed by atoms with van der Waals surface area (Å²) < 4.78 is 0. The Morgan fingerprint density at radius 1 is 0.889 bits per heavy atom. The first-order chi connectivity index (χ1) is 13.1. The molecule has 3 aliphatic rings. The van der Waals surface area contributed by atoms with Gasteiger partial charge in [-0.15, -0.1) is 0 Å². The molecule has 27 heavy (non-hydrogen) atoms. The van der Waals surface area contributed by atoms with Crippen molar-refractivity contribution in [1.82, 2.24) is 9.80 Å². The number of anilines is 1. The summed E-state index contributed by atoms with van der Waals surface area (Å²) in [5.41, 5.74) is 0.823. The van der Waals surface area contributed by atoms with Crippen molar-refractivity contribution in [2.75, 3.05) is 37.6 Å². The van der Waals surface area contributed by atoms with E-state index in [0.29, 0.717) is 24.0 Å². The van der Waals surface area contributed by atoms with Crippen molar-refractivity contribution in [1.29, 1.82) is 0 Å². The van der Waals surface area contributed by atoms with E-state index in [1.54, 1.807) is 17.0 Å². The van der Waals surface area contributed by atoms with Crippen molar-refractivity contribution in [2.24, 2.45) is 5.92 Å². The van der Waals surface area contributed by atoms with Gasteiger partial charge in [0.2, 0.25) is 11.8 Å². The molecule has 5 nitrogen and oxygen atoms in total. The fourth-order valence-electron chi connectivity index (χ4n) is 4.74. The number of amides is 2. The first-order valence-corrected chi connectivity index (χ1v) is 10.6. The van der Waals surface area contributed by atoms with Crippen LogP contribution in [0.5, 0.6) is 0 Å². The number of carbonyl (C=O) groups is 2. The molecule has 0 radical (unpaired) electrons. The van der Waals surface area contributed by atoms with Gasteiger partial charge in [0.1, 0.15) is 5.92 Å². The second-order valence-electron chi connectivity index (χ2n) is 7.96. The van der Waals surface area contributed by atoms with Gasteiger partial charge in [-0.25, -0.2) is 0 Å². The van der Waals surface area contributed by atoms with Crippen LogP contribution >= 0.6 is 11.6 Å². The quantitative estimate of drug-likeness (QED) is 0.746. The SMILES string of the molecule is O=C([C@H]1CCN(c2ccc(Cl)cc2)C1=O)N1CCC(N2CCCCC2)CC1. The molecule has 0 spiro atoms. The maximum absolute atomic E-state index is 13.0. The van der Waals surface area contributed by atoms with Crippen LogP contribution in [-0.2, 0) is 9.59 Å². The van der Waals surface area contributed by atoms with Crippen LogP contribution in [-0.4, -0.2) is 60.4 Å². The molecule has 2 amide bonds. The number of halogens is 1. The molecule has 0 saturated carbocycles. The van der Waals surface area contributed by atoms with Crippen LogP contribution in [0.2, 0.25) is 5.02 Å². The summed E-state index contributed by atoms with van der Waals surface area (Å²) in [6.07, 6.45) is 6.63. The fourth-order valence-corrected chi connectivity index (χ4v) is 4.87. The van der Waals surface area contributed by atoms with E-state index in [-0.39, 0.29) is 11.8 Å². The Balaban J connectivity index is 1.33. The van der Waals surface area contributed by atoms with Crippen molar-refractivity contribution < 1.29 is 9.59 Å². The van der Waals surface area contributed by atoms with Gasteiger partial charge in [0.05, 0.1) is 0 Å². The van der Waals surface area contributed by atoms with E-state index in [4.69, 9.17) is 11.6 Å². The Labute approximate surface area is 166 Å². The lowest BCUT2D eigenvalue weighted by molar-refractivity contribution is -0.141. The Morgan fingerprint density at radius 2 is 1.56 bits per heavy atom. The lowest BCUT2D eigenvalue weighted by Crippen LogP contribution is -2.50. The van der Waals surface area contributed by atoms with Crippen LogP contribution in [0.4, 0.5) is 5.69 Å². The van der Waals surface area contributed by atoms with Crippen molar-refractivity contribution in [2.45, 2.75) is 44.6 Å². The number of likely N-dealkylation sites (tertiary alicyclic amines) is 2.